The first-order valence-corrected chi connectivity index (χ1v) is 11.8. The Hall–Kier alpha value is -4.31. The van der Waals surface area contributed by atoms with Gasteiger partial charge in [-0.15, -0.1) is 0 Å². The van der Waals surface area contributed by atoms with Crippen LogP contribution >= 0.6 is 0 Å². The van der Waals surface area contributed by atoms with Crippen LogP contribution in [0.3, 0.4) is 0 Å². The van der Waals surface area contributed by atoms with E-state index in [2.05, 4.69) is 19.8 Å². The summed E-state index contributed by atoms with van der Waals surface area (Å²) in [5.41, 5.74) is 4.98. The van der Waals surface area contributed by atoms with Crippen molar-refractivity contribution in [2.45, 2.75) is 4.90 Å². The molecule has 0 amide bonds. The molecule has 9 nitrogen and oxygen atoms in total. The van der Waals surface area contributed by atoms with Gasteiger partial charge in [0.2, 0.25) is 0 Å². The Bertz CT molecular complexity index is 1600. The number of benzene rings is 2. The number of sulfonamides is 1. The number of methoxy groups -OCH3 is 1. The van der Waals surface area contributed by atoms with Crippen LogP contribution in [0, 0.1) is 0 Å². The topological polar surface area (TPSA) is 112 Å². The van der Waals surface area contributed by atoms with Crippen molar-refractivity contribution in [3.8, 4) is 28.1 Å². The van der Waals surface area contributed by atoms with Crippen molar-refractivity contribution < 1.29 is 13.2 Å². The Labute approximate surface area is 196 Å². The van der Waals surface area contributed by atoms with Crippen LogP contribution in [0.4, 0.5) is 5.69 Å². The van der Waals surface area contributed by atoms with Crippen LogP contribution in [0.1, 0.15) is 0 Å². The van der Waals surface area contributed by atoms with E-state index < -0.39 is 10.0 Å². The van der Waals surface area contributed by atoms with E-state index in [0.29, 0.717) is 17.0 Å². The maximum atomic E-state index is 12.8. The molecule has 0 atom stereocenters. The molecule has 5 rings (SSSR count). The van der Waals surface area contributed by atoms with E-state index in [4.69, 9.17) is 9.72 Å². The number of aromatic nitrogens is 5. The highest BCUT2D eigenvalue weighted by molar-refractivity contribution is 7.92. The summed E-state index contributed by atoms with van der Waals surface area (Å²) in [7, 11) is -0.411. The van der Waals surface area contributed by atoms with Gasteiger partial charge >= 0.3 is 0 Å². The molecule has 0 saturated carbocycles. The van der Waals surface area contributed by atoms with Crippen molar-refractivity contribution in [1.82, 2.24) is 24.7 Å². The third-order valence-corrected chi connectivity index (χ3v) is 6.63. The van der Waals surface area contributed by atoms with Gasteiger partial charge < -0.3 is 4.74 Å². The Balaban J connectivity index is 1.45. The van der Waals surface area contributed by atoms with Crippen molar-refractivity contribution in [3.63, 3.8) is 0 Å². The normalized spacial score (nSPS) is 11.5. The number of rotatable bonds is 6. The zero-order valence-electron chi connectivity index (χ0n) is 18.4. The quantitative estimate of drug-likeness (QED) is 0.399. The molecular weight excluding hydrogens is 452 g/mol. The van der Waals surface area contributed by atoms with E-state index in [0.717, 1.165) is 27.9 Å². The fourth-order valence-corrected chi connectivity index (χ4v) is 4.54. The molecule has 0 unspecified atom stereocenters. The molecule has 0 saturated heterocycles. The van der Waals surface area contributed by atoms with Crippen molar-refractivity contribution in [2.24, 2.45) is 7.05 Å². The number of ether oxygens (including phenoxy) is 1. The van der Waals surface area contributed by atoms with Crippen LogP contribution in [-0.4, -0.2) is 40.3 Å². The zero-order valence-corrected chi connectivity index (χ0v) is 19.2. The van der Waals surface area contributed by atoms with Gasteiger partial charge in [0.05, 0.1) is 53.0 Å². The van der Waals surface area contributed by atoms with Crippen LogP contribution < -0.4 is 9.46 Å². The van der Waals surface area contributed by atoms with Gasteiger partial charge in [0.15, 0.2) is 0 Å². The molecule has 3 aromatic heterocycles. The second-order valence-corrected chi connectivity index (χ2v) is 9.29. The summed E-state index contributed by atoms with van der Waals surface area (Å²) in [6.07, 6.45) is 8.47. The van der Waals surface area contributed by atoms with Crippen molar-refractivity contribution in [2.75, 3.05) is 11.8 Å². The number of pyridine rings is 1. The third kappa shape index (κ3) is 4.30. The van der Waals surface area contributed by atoms with Gasteiger partial charge in [-0.05, 0) is 48.0 Å². The maximum Gasteiger partial charge on any atom is 0.261 e. The second-order valence-electron chi connectivity index (χ2n) is 7.60. The average Bonchev–Trinajstić information content (AvgIpc) is 3.29. The number of fused-ring (bicyclic) bond motifs is 1. The standard InChI is InChI=1S/C24H20N6O3S/c1-30-15-18(12-27-30)24-14-26-22-8-3-16(10-23(22)28-24)17-9-19(13-25-11-17)29-34(31,32)21-6-4-20(33-2)5-7-21/h3-15,29H,1-2H3. The third-order valence-electron chi connectivity index (χ3n) is 5.24. The molecule has 0 fully saturated rings. The molecule has 3 heterocycles. The number of anilines is 1. The largest absolute Gasteiger partial charge is 0.497 e. The van der Waals surface area contributed by atoms with Gasteiger partial charge in [0, 0.05) is 30.6 Å². The minimum Gasteiger partial charge on any atom is -0.497 e. The van der Waals surface area contributed by atoms with Crippen LogP contribution in [0.2, 0.25) is 0 Å². The summed E-state index contributed by atoms with van der Waals surface area (Å²) in [4.78, 5) is 13.6. The fraction of sp³-hybridized carbons (Fsp3) is 0.0833. The van der Waals surface area contributed by atoms with Gasteiger partial charge in [0.1, 0.15) is 5.75 Å². The minimum atomic E-state index is -3.78. The highest BCUT2D eigenvalue weighted by Crippen LogP contribution is 2.27. The number of aryl methyl sites for hydroxylation is 1. The van der Waals surface area contributed by atoms with E-state index in [9.17, 15) is 8.42 Å². The van der Waals surface area contributed by atoms with E-state index in [1.165, 1.54) is 25.4 Å². The van der Waals surface area contributed by atoms with Crippen molar-refractivity contribution in [1.29, 1.82) is 0 Å². The van der Waals surface area contributed by atoms with Crippen LogP contribution in [0.15, 0.2) is 84.4 Å². The molecule has 0 aliphatic carbocycles. The summed E-state index contributed by atoms with van der Waals surface area (Å²) in [6, 6.07) is 13.6. The predicted molar refractivity (Wildman–Crippen MR) is 129 cm³/mol. The Kier molecular flexibility index (Phi) is 5.42. The number of hydrogen-bond acceptors (Lipinski definition) is 7. The first-order chi connectivity index (χ1) is 16.4. The average molecular weight is 473 g/mol. The van der Waals surface area contributed by atoms with Gasteiger partial charge in [-0.1, -0.05) is 6.07 Å². The lowest BCUT2D eigenvalue weighted by atomic mass is 10.1. The molecule has 34 heavy (non-hydrogen) atoms. The molecule has 0 bridgehead atoms. The lowest BCUT2D eigenvalue weighted by Gasteiger charge is -2.10. The van der Waals surface area contributed by atoms with Crippen molar-refractivity contribution in [3.05, 3.63) is 79.5 Å². The summed E-state index contributed by atoms with van der Waals surface area (Å²) >= 11 is 0. The monoisotopic (exact) mass is 472 g/mol. The lowest BCUT2D eigenvalue weighted by Crippen LogP contribution is -2.13. The number of nitrogens with one attached hydrogen (secondary N) is 1. The zero-order chi connectivity index (χ0) is 23.7. The number of nitrogens with zero attached hydrogens (tertiary/aromatic N) is 5. The molecular formula is C24H20N6O3S. The highest BCUT2D eigenvalue weighted by Gasteiger charge is 2.15. The summed E-state index contributed by atoms with van der Waals surface area (Å²) in [6.45, 7) is 0. The smallest absolute Gasteiger partial charge is 0.261 e. The van der Waals surface area contributed by atoms with Gasteiger partial charge in [-0.2, -0.15) is 5.10 Å². The molecule has 5 aromatic rings. The first-order valence-electron chi connectivity index (χ1n) is 10.3. The fourth-order valence-electron chi connectivity index (χ4n) is 3.51. The number of hydrogen-bond donors (Lipinski definition) is 1. The summed E-state index contributed by atoms with van der Waals surface area (Å²) in [5, 5.41) is 4.19. The maximum absolute atomic E-state index is 12.8. The highest BCUT2D eigenvalue weighted by atomic mass is 32.2. The van der Waals surface area contributed by atoms with Crippen LogP contribution in [0.5, 0.6) is 5.75 Å². The molecule has 0 radical (unpaired) electrons. The van der Waals surface area contributed by atoms with Crippen molar-refractivity contribution >= 4 is 26.7 Å². The minimum absolute atomic E-state index is 0.127. The Morgan fingerprint density at radius 3 is 2.44 bits per heavy atom. The van der Waals surface area contributed by atoms with E-state index in [1.807, 2.05) is 31.4 Å². The molecule has 2 aromatic carbocycles. The molecule has 0 spiro atoms. The molecule has 0 aliphatic rings. The summed E-state index contributed by atoms with van der Waals surface area (Å²) in [5.74, 6) is 0.578. The van der Waals surface area contributed by atoms with E-state index in [-0.39, 0.29) is 4.90 Å². The van der Waals surface area contributed by atoms with Gasteiger partial charge in [-0.25, -0.2) is 13.4 Å². The first kappa shape index (κ1) is 21.5. The van der Waals surface area contributed by atoms with Gasteiger partial charge in [-0.3, -0.25) is 19.4 Å². The SMILES string of the molecule is COc1ccc(S(=O)(=O)Nc2cncc(-c3ccc4ncc(-c5cnn(C)c5)nc4c3)c2)cc1. The molecule has 10 heteroatoms. The Morgan fingerprint density at radius 1 is 0.882 bits per heavy atom. The van der Waals surface area contributed by atoms with E-state index in [1.54, 1.807) is 41.5 Å². The molecule has 1 N–H and O–H groups in total. The predicted octanol–water partition coefficient (Wildman–Crippen LogP) is 3.90. The molecule has 0 aliphatic heterocycles. The Morgan fingerprint density at radius 2 is 1.71 bits per heavy atom. The molecule has 170 valence electrons. The van der Waals surface area contributed by atoms with Gasteiger partial charge in [0.25, 0.3) is 10.0 Å². The summed E-state index contributed by atoms with van der Waals surface area (Å²) < 4.78 is 35.0. The van der Waals surface area contributed by atoms with Crippen LogP contribution in [-0.2, 0) is 17.1 Å². The second kappa shape index (κ2) is 8.56. The van der Waals surface area contributed by atoms with Crippen LogP contribution in [0.25, 0.3) is 33.4 Å². The van der Waals surface area contributed by atoms with E-state index >= 15 is 0 Å². The lowest BCUT2D eigenvalue weighted by molar-refractivity contribution is 0.414.